The highest BCUT2D eigenvalue weighted by Gasteiger charge is 2.04. The van der Waals surface area contributed by atoms with Crippen LogP contribution < -0.4 is 0 Å². The molecule has 0 aromatic rings. The lowest BCUT2D eigenvalue weighted by Crippen LogP contribution is -1.87. The Morgan fingerprint density at radius 3 is 2.93 bits per heavy atom. The minimum atomic E-state index is 0.592. The Labute approximate surface area is 85.2 Å². The maximum Gasteiger partial charge on any atom is 0.118 e. The first-order valence-electron chi connectivity index (χ1n) is 4.75. The highest BCUT2D eigenvalue weighted by molar-refractivity contribution is 5.33. The van der Waals surface area contributed by atoms with Crippen LogP contribution >= 0.6 is 0 Å². The molecule has 0 aromatic heterocycles. The monoisotopic (exact) mass is 189 g/mol. The van der Waals surface area contributed by atoms with Crippen molar-refractivity contribution in [1.29, 1.82) is 5.26 Å². The van der Waals surface area contributed by atoms with Crippen LogP contribution in [0.25, 0.3) is 0 Å². The summed E-state index contributed by atoms with van der Waals surface area (Å²) in [4.78, 5) is 0. The first kappa shape index (κ1) is 10.6. The lowest BCUT2D eigenvalue weighted by Gasteiger charge is -2.03. The summed E-state index contributed by atoms with van der Waals surface area (Å²) < 4.78 is 5.23. The second kappa shape index (κ2) is 5.29. The molecule has 0 bridgehead atoms. The average molecular weight is 189 g/mol. The number of nitrogens with zero attached hydrogens (tertiary/aromatic N) is 1. The Kier molecular flexibility index (Phi) is 4.00. The molecule has 0 spiro atoms. The Morgan fingerprint density at radius 2 is 2.29 bits per heavy atom. The van der Waals surface area contributed by atoms with Crippen molar-refractivity contribution in [1.82, 2.24) is 0 Å². The third kappa shape index (κ3) is 2.77. The fourth-order valence-corrected chi connectivity index (χ4v) is 1.42. The quantitative estimate of drug-likeness (QED) is 0.683. The molecule has 0 heterocycles. The molecule has 0 atom stereocenters. The summed E-state index contributed by atoms with van der Waals surface area (Å²) in [7, 11) is 1.68. The Hall–Kier alpha value is -1.49. The Bertz CT molecular complexity index is 329. The van der Waals surface area contributed by atoms with Crippen molar-refractivity contribution in [2.75, 3.05) is 7.11 Å². The SMILES string of the molecule is COC1=CCC(CCC#N)=CC=C1C. The van der Waals surface area contributed by atoms with Gasteiger partial charge < -0.3 is 4.74 Å². The number of allylic oxidation sites excluding steroid dienone is 5. The van der Waals surface area contributed by atoms with Crippen molar-refractivity contribution in [2.45, 2.75) is 26.2 Å². The zero-order chi connectivity index (χ0) is 10.4. The first-order chi connectivity index (χ1) is 6.77. The number of ether oxygens (including phenoxy) is 1. The molecule has 1 aliphatic rings. The van der Waals surface area contributed by atoms with Crippen LogP contribution in [-0.2, 0) is 4.74 Å². The molecule has 0 radical (unpaired) electrons. The topological polar surface area (TPSA) is 33.0 Å². The van der Waals surface area contributed by atoms with Gasteiger partial charge in [-0.1, -0.05) is 17.7 Å². The molecule has 2 nitrogen and oxygen atoms in total. The van der Waals surface area contributed by atoms with Crippen molar-refractivity contribution in [3.63, 3.8) is 0 Å². The van der Waals surface area contributed by atoms with Gasteiger partial charge in [-0.25, -0.2) is 0 Å². The summed E-state index contributed by atoms with van der Waals surface area (Å²) in [5, 5.41) is 8.48. The van der Waals surface area contributed by atoms with Gasteiger partial charge in [0.05, 0.1) is 13.2 Å². The summed E-state index contributed by atoms with van der Waals surface area (Å²) in [5.41, 5.74) is 2.43. The zero-order valence-electron chi connectivity index (χ0n) is 8.71. The largest absolute Gasteiger partial charge is 0.497 e. The first-order valence-corrected chi connectivity index (χ1v) is 4.75. The minimum Gasteiger partial charge on any atom is -0.497 e. The summed E-state index contributed by atoms with van der Waals surface area (Å²) >= 11 is 0. The van der Waals surface area contributed by atoms with Gasteiger partial charge in [0.1, 0.15) is 5.76 Å². The van der Waals surface area contributed by atoms with Crippen LogP contribution in [0.5, 0.6) is 0 Å². The third-order valence-corrected chi connectivity index (χ3v) is 2.29. The van der Waals surface area contributed by atoms with E-state index < -0.39 is 0 Å². The predicted octanol–water partition coefficient (Wildman–Crippen LogP) is 3.10. The van der Waals surface area contributed by atoms with E-state index in [9.17, 15) is 0 Å². The van der Waals surface area contributed by atoms with Gasteiger partial charge in [0.15, 0.2) is 0 Å². The standard InChI is InChI=1S/C12H15NO/c1-10-5-6-11(4-3-9-13)7-8-12(10)14-2/h5-6,8H,3-4,7H2,1-2H3. The van der Waals surface area contributed by atoms with Crippen LogP contribution in [0.1, 0.15) is 26.2 Å². The second-order valence-corrected chi connectivity index (χ2v) is 3.31. The smallest absolute Gasteiger partial charge is 0.118 e. The van der Waals surface area contributed by atoms with Crippen molar-refractivity contribution < 1.29 is 4.74 Å². The van der Waals surface area contributed by atoms with Crippen LogP contribution in [0.4, 0.5) is 0 Å². The number of hydrogen-bond donors (Lipinski definition) is 0. The van der Waals surface area contributed by atoms with E-state index in [2.05, 4.69) is 24.3 Å². The van der Waals surface area contributed by atoms with E-state index in [0.717, 1.165) is 24.2 Å². The van der Waals surface area contributed by atoms with Gasteiger partial charge >= 0.3 is 0 Å². The van der Waals surface area contributed by atoms with Crippen molar-refractivity contribution in [2.24, 2.45) is 0 Å². The van der Waals surface area contributed by atoms with E-state index in [1.807, 2.05) is 6.92 Å². The van der Waals surface area contributed by atoms with Gasteiger partial charge in [-0.3, -0.25) is 0 Å². The normalized spacial score (nSPS) is 15.9. The van der Waals surface area contributed by atoms with E-state index in [1.54, 1.807) is 7.11 Å². The number of rotatable bonds is 3. The van der Waals surface area contributed by atoms with E-state index in [4.69, 9.17) is 10.00 Å². The molecule has 0 N–H and O–H groups in total. The fraction of sp³-hybridized carbons (Fsp3) is 0.417. The van der Waals surface area contributed by atoms with Gasteiger partial charge in [0, 0.05) is 6.42 Å². The third-order valence-electron chi connectivity index (χ3n) is 2.29. The lowest BCUT2D eigenvalue weighted by molar-refractivity contribution is 0.299. The minimum absolute atomic E-state index is 0.592. The molecule has 14 heavy (non-hydrogen) atoms. The number of nitriles is 1. The molecule has 74 valence electrons. The molecule has 0 amide bonds. The summed E-state index contributed by atoms with van der Waals surface area (Å²) in [6.07, 6.45) is 8.55. The second-order valence-electron chi connectivity index (χ2n) is 3.31. The fourth-order valence-electron chi connectivity index (χ4n) is 1.42. The van der Waals surface area contributed by atoms with Crippen molar-refractivity contribution in [3.05, 3.63) is 35.1 Å². The number of hydrogen-bond acceptors (Lipinski definition) is 2. The van der Waals surface area contributed by atoms with Crippen molar-refractivity contribution in [3.8, 4) is 6.07 Å². The van der Waals surface area contributed by atoms with Crippen molar-refractivity contribution >= 4 is 0 Å². The van der Waals surface area contributed by atoms with Crippen LogP contribution in [0.2, 0.25) is 0 Å². The average Bonchev–Trinajstić information content (AvgIpc) is 2.37. The molecule has 0 saturated heterocycles. The van der Waals surface area contributed by atoms with Gasteiger partial charge in [0.2, 0.25) is 0 Å². The van der Waals surface area contributed by atoms with E-state index >= 15 is 0 Å². The Morgan fingerprint density at radius 1 is 1.50 bits per heavy atom. The molecule has 0 unspecified atom stereocenters. The number of methoxy groups -OCH3 is 1. The zero-order valence-corrected chi connectivity index (χ0v) is 8.71. The van der Waals surface area contributed by atoms with Gasteiger partial charge in [-0.15, -0.1) is 0 Å². The molecule has 1 aliphatic carbocycles. The van der Waals surface area contributed by atoms with Crippen LogP contribution in [0.15, 0.2) is 35.1 Å². The van der Waals surface area contributed by atoms with Gasteiger partial charge in [0.25, 0.3) is 0 Å². The molecule has 0 saturated carbocycles. The van der Waals surface area contributed by atoms with Crippen LogP contribution in [-0.4, -0.2) is 7.11 Å². The highest BCUT2D eigenvalue weighted by Crippen LogP contribution is 2.20. The molecule has 0 aliphatic heterocycles. The lowest BCUT2D eigenvalue weighted by atomic mass is 10.1. The predicted molar refractivity (Wildman–Crippen MR) is 56.4 cm³/mol. The highest BCUT2D eigenvalue weighted by atomic mass is 16.5. The molecule has 0 aromatic carbocycles. The van der Waals surface area contributed by atoms with Crippen LogP contribution in [0.3, 0.4) is 0 Å². The Balaban J connectivity index is 2.69. The molecular weight excluding hydrogens is 174 g/mol. The van der Waals surface area contributed by atoms with E-state index in [-0.39, 0.29) is 0 Å². The summed E-state index contributed by atoms with van der Waals surface area (Å²) in [5.74, 6) is 0.938. The molecule has 2 heteroatoms. The molecule has 0 fully saturated rings. The molecular formula is C12H15NO. The maximum absolute atomic E-state index is 8.48. The van der Waals surface area contributed by atoms with Gasteiger partial charge in [-0.2, -0.15) is 5.26 Å². The van der Waals surface area contributed by atoms with E-state index in [1.165, 1.54) is 5.57 Å². The van der Waals surface area contributed by atoms with E-state index in [0.29, 0.717) is 6.42 Å². The summed E-state index contributed by atoms with van der Waals surface area (Å²) in [6.45, 7) is 2.03. The maximum atomic E-state index is 8.48. The van der Waals surface area contributed by atoms with Gasteiger partial charge in [-0.05, 0) is 31.4 Å². The van der Waals surface area contributed by atoms with Crippen LogP contribution in [0, 0.1) is 11.3 Å². The molecule has 1 rings (SSSR count). The summed E-state index contributed by atoms with van der Waals surface area (Å²) in [6, 6.07) is 2.16.